The third kappa shape index (κ3) is 3.68. The quantitative estimate of drug-likeness (QED) is 0.926. The molecule has 0 saturated carbocycles. The maximum Gasteiger partial charge on any atom is 0.262 e. The van der Waals surface area contributed by atoms with Crippen molar-refractivity contribution >= 4 is 34.8 Å². The van der Waals surface area contributed by atoms with Crippen molar-refractivity contribution in [3.05, 3.63) is 53.1 Å². The molecule has 0 aliphatic carbocycles. The minimum absolute atomic E-state index is 0.0295. The van der Waals surface area contributed by atoms with Gasteiger partial charge in [-0.15, -0.1) is 0 Å². The first-order valence-corrected chi connectivity index (χ1v) is 8.00. The first-order valence-electron chi connectivity index (χ1n) is 7.62. The van der Waals surface area contributed by atoms with Gasteiger partial charge in [0, 0.05) is 29.9 Å². The highest BCUT2D eigenvalue weighted by atomic mass is 35.5. The molecule has 0 radical (unpaired) electrons. The Morgan fingerprint density at radius 3 is 2.67 bits per heavy atom. The van der Waals surface area contributed by atoms with Gasteiger partial charge in [-0.05, 0) is 54.4 Å². The van der Waals surface area contributed by atoms with Crippen molar-refractivity contribution in [2.24, 2.45) is 0 Å². The third-order valence-corrected chi connectivity index (χ3v) is 4.07. The molecule has 1 N–H and O–H groups in total. The van der Waals surface area contributed by atoms with Crippen LogP contribution < -0.4 is 15.0 Å². The molecule has 0 bridgehead atoms. The van der Waals surface area contributed by atoms with E-state index in [1.165, 1.54) is 0 Å². The molecule has 0 atom stereocenters. The normalized spacial score (nSPS) is 12.7. The van der Waals surface area contributed by atoms with Gasteiger partial charge in [-0.2, -0.15) is 0 Å². The summed E-state index contributed by atoms with van der Waals surface area (Å²) < 4.78 is 5.41. The van der Waals surface area contributed by atoms with Crippen molar-refractivity contribution in [2.45, 2.75) is 13.3 Å². The minimum atomic E-state index is -0.244. The smallest absolute Gasteiger partial charge is 0.262 e. The van der Waals surface area contributed by atoms with E-state index >= 15 is 0 Å². The molecule has 0 unspecified atom stereocenters. The predicted molar refractivity (Wildman–Crippen MR) is 93.7 cm³/mol. The number of nitrogens with zero attached hydrogens (tertiary/aromatic N) is 1. The van der Waals surface area contributed by atoms with Gasteiger partial charge < -0.3 is 15.0 Å². The van der Waals surface area contributed by atoms with Crippen molar-refractivity contribution in [3.63, 3.8) is 0 Å². The van der Waals surface area contributed by atoms with Crippen LogP contribution in [0.15, 0.2) is 42.5 Å². The van der Waals surface area contributed by atoms with Crippen LogP contribution in [0, 0.1) is 0 Å². The highest BCUT2D eigenvalue weighted by Crippen LogP contribution is 2.30. The van der Waals surface area contributed by atoms with Crippen molar-refractivity contribution in [3.8, 4) is 5.75 Å². The van der Waals surface area contributed by atoms with Gasteiger partial charge in [-0.3, -0.25) is 9.59 Å². The van der Waals surface area contributed by atoms with Gasteiger partial charge in [0.05, 0.1) is 0 Å². The van der Waals surface area contributed by atoms with Crippen LogP contribution in [-0.4, -0.2) is 25.0 Å². The number of benzene rings is 2. The molecule has 2 aromatic rings. The van der Waals surface area contributed by atoms with Crippen molar-refractivity contribution in [1.29, 1.82) is 0 Å². The van der Waals surface area contributed by atoms with Gasteiger partial charge in [-0.25, -0.2) is 0 Å². The summed E-state index contributed by atoms with van der Waals surface area (Å²) in [4.78, 5) is 25.3. The van der Waals surface area contributed by atoms with Crippen LogP contribution in [0.3, 0.4) is 0 Å². The lowest BCUT2D eigenvalue weighted by Crippen LogP contribution is -2.25. The fourth-order valence-electron chi connectivity index (χ4n) is 2.68. The zero-order chi connectivity index (χ0) is 17.1. The largest absolute Gasteiger partial charge is 0.484 e. The lowest BCUT2D eigenvalue weighted by molar-refractivity contribution is -0.118. The fourth-order valence-corrected chi connectivity index (χ4v) is 2.81. The number of hydrogen-bond acceptors (Lipinski definition) is 3. The Kier molecular flexibility index (Phi) is 4.71. The SMILES string of the molecule is CC(=O)N1CCc2cc(NC(=O)COc3ccc(Cl)cc3)ccc21. The molecule has 3 rings (SSSR count). The number of amides is 2. The predicted octanol–water partition coefficient (Wildman–Crippen LogP) is 3.27. The summed E-state index contributed by atoms with van der Waals surface area (Å²) >= 11 is 5.80. The van der Waals surface area contributed by atoms with Crippen LogP contribution >= 0.6 is 11.6 Å². The third-order valence-electron chi connectivity index (χ3n) is 3.82. The summed E-state index contributed by atoms with van der Waals surface area (Å²) in [6.07, 6.45) is 0.792. The van der Waals surface area contributed by atoms with Gasteiger partial charge in [0.15, 0.2) is 6.61 Å². The average Bonchev–Trinajstić information content (AvgIpc) is 2.97. The molecule has 0 saturated heterocycles. The van der Waals surface area contributed by atoms with Crippen molar-refractivity contribution in [2.75, 3.05) is 23.4 Å². The molecule has 0 aromatic heterocycles. The molecule has 5 nitrogen and oxygen atoms in total. The van der Waals surface area contributed by atoms with Crippen LogP contribution in [0.4, 0.5) is 11.4 Å². The number of carbonyl (C=O) groups is 2. The Morgan fingerprint density at radius 1 is 1.21 bits per heavy atom. The van der Waals surface area contributed by atoms with Gasteiger partial charge in [0.2, 0.25) is 5.91 Å². The Morgan fingerprint density at radius 2 is 1.96 bits per heavy atom. The second kappa shape index (κ2) is 6.93. The van der Waals surface area contributed by atoms with Gasteiger partial charge in [-0.1, -0.05) is 11.6 Å². The minimum Gasteiger partial charge on any atom is -0.484 e. The van der Waals surface area contributed by atoms with Crippen LogP contribution in [0.5, 0.6) is 5.75 Å². The van der Waals surface area contributed by atoms with E-state index in [4.69, 9.17) is 16.3 Å². The second-order valence-electron chi connectivity index (χ2n) is 5.55. The van der Waals surface area contributed by atoms with Crippen LogP contribution in [-0.2, 0) is 16.0 Å². The topological polar surface area (TPSA) is 58.6 Å². The van der Waals surface area contributed by atoms with Crippen LogP contribution in [0.1, 0.15) is 12.5 Å². The summed E-state index contributed by atoms with van der Waals surface area (Å²) in [5.74, 6) is 0.369. The van der Waals surface area contributed by atoms with Gasteiger partial charge in [0.25, 0.3) is 5.91 Å². The molecular weight excluding hydrogens is 328 g/mol. The summed E-state index contributed by atoms with van der Waals surface area (Å²) in [6, 6.07) is 12.4. The van der Waals surface area contributed by atoms with E-state index in [-0.39, 0.29) is 18.4 Å². The summed E-state index contributed by atoms with van der Waals surface area (Å²) in [7, 11) is 0. The lowest BCUT2D eigenvalue weighted by atomic mass is 10.1. The number of halogens is 1. The summed E-state index contributed by atoms with van der Waals surface area (Å²) in [5.41, 5.74) is 2.67. The first kappa shape index (κ1) is 16.3. The Hall–Kier alpha value is -2.53. The molecule has 1 heterocycles. The zero-order valence-electron chi connectivity index (χ0n) is 13.2. The Labute approximate surface area is 145 Å². The number of ether oxygens (including phenoxy) is 1. The molecule has 124 valence electrons. The van der Waals surface area contributed by atoms with Crippen molar-refractivity contribution < 1.29 is 14.3 Å². The number of fused-ring (bicyclic) bond motifs is 1. The molecule has 2 amide bonds. The van der Waals surface area contributed by atoms with E-state index < -0.39 is 0 Å². The highest BCUT2D eigenvalue weighted by Gasteiger charge is 2.22. The summed E-state index contributed by atoms with van der Waals surface area (Å²) in [5, 5.41) is 3.42. The molecule has 0 spiro atoms. The standard InChI is InChI=1S/C18H17ClN2O3/c1-12(22)21-9-8-13-10-15(4-7-17(13)21)20-18(23)11-24-16-5-2-14(19)3-6-16/h2-7,10H,8-9,11H2,1H3,(H,20,23). The molecule has 0 fully saturated rings. The van der Waals surface area contributed by atoms with E-state index in [9.17, 15) is 9.59 Å². The van der Waals surface area contributed by atoms with E-state index in [1.54, 1.807) is 42.2 Å². The molecule has 24 heavy (non-hydrogen) atoms. The van der Waals surface area contributed by atoms with Crippen LogP contribution in [0.2, 0.25) is 5.02 Å². The molecule has 1 aliphatic heterocycles. The maximum atomic E-state index is 12.0. The number of anilines is 2. The number of rotatable bonds is 4. The fraction of sp³-hybridized carbons (Fsp3) is 0.222. The van der Waals surface area contributed by atoms with E-state index in [1.807, 2.05) is 12.1 Å². The lowest BCUT2D eigenvalue weighted by Gasteiger charge is -2.15. The average molecular weight is 345 g/mol. The summed E-state index contributed by atoms with van der Waals surface area (Å²) in [6.45, 7) is 2.15. The molecule has 6 heteroatoms. The van der Waals surface area contributed by atoms with Gasteiger partial charge >= 0.3 is 0 Å². The van der Waals surface area contributed by atoms with E-state index in [0.717, 1.165) is 17.7 Å². The van der Waals surface area contributed by atoms with Gasteiger partial charge in [0.1, 0.15) is 5.75 Å². The zero-order valence-corrected chi connectivity index (χ0v) is 14.0. The molecule has 1 aliphatic rings. The Balaban J connectivity index is 1.59. The highest BCUT2D eigenvalue weighted by molar-refractivity contribution is 6.30. The monoisotopic (exact) mass is 344 g/mol. The first-order chi connectivity index (χ1) is 11.5. The number of hydrogen-bond donors (Lipinski definition) is 1. The van der Waals surface area contributed by atoms with E-state index in [2.05, 4.69) is 5.32 Å². The number of carbonyl (C=O) groups excluding carboxylic acids is 2. The Bertz CT molecular complexity index is 774. The molecule has 2 aromatic carbocycles. The van der Waals surface area contributed by atoms with Crippen molar-refractivity contribution in [1.82, 2.24) is 0 Å². The molecular formula is C18H17ClN2O3. The van der Waals surface area contributed by atoms with E-state index in [0.29, 0.717) is 23.0 Å². The maximum absolute atomic E-state index is 12.0. The van der Waals surface area contributed by atoms with Crippen LogP contribution in [0.25, 0.3) is 0 Å². The number of nitrogens with one attached hydrogen (secondary N) is 1. The second-order valence-corrected chi connectivity index (χ2v) is 5.99.